The molecule has 0 amide bonds. The standard InChI is InChI=1S/C11H11BrN2O3S2/c1-17-9-4-2-8(3-5-9)10-6-18-11(13-10)14-19(15,16)7-12/h2-6H,7H2,1H3,(H,13,14). The van der Waals surface area contributed by atoms with Crippen LogP contribution in [0.25, 0.3) is 11.3 Å². The van der Waals surface area contributed by atoms with Crippen molar-refractivity contribution < 1.29 is 13.2 Å². The molecule has 1 aromatic heterocycles. The predicted octanol–water partition coefficient (Wildman–Crippen LogP) is 2.91. The second-order valence-corrected chi connectivity index (χ2v) is 7.48. The second kappa shape index (κ2) is 5.89. The van der Waals surface area contributed by atoms with Crippen molar-refractivity contribution in [1.82, 2.24) is 4.98 Å². The first-order valence-electron chi connectivity index (χ1n) is 5.20. The molecular formula is C11H11BrN2O3S2. The fourth-order valence-electron chi connectivity index (χ4n) is 1.38. The Bertz CT molecular complexity index is 653. The average Bonchev–Trinajstić information content (AvgIpc) is 2.86. The maximum absolute atomic E-state index is 11.4. The van der Waals surface area contributed by atoms with E-state index in [0.717, 1.165) is 17.0 Å². The molecular weight excluding hydrogens is 352 g/mol. The summed E-state index contributed by atoms with van der Waals surface area (Å²) in [6.07, 6.45) is 0. The van der Waals surface area contributed by atoms with Gasteiger partial charge in [-0.05, 0) is 24.3 Å². The molecule has 0 bridgehead atoms. The van der Waals surface area contributed by atoms with E-state index in [1.807, 2.05) is 24.3 Å². The molecule has 0 unspecified atom stereocenters. The molecule has 2 rings (SSSR count). The first-order valence-corrected chi connectivity index (χ1v) is 8.86. The number of hydrogen-bond acceptors (Lipinski definition) is 5. The Morgan fingerprint density at radius 1 is 1.37 bits per heavy atom. The van der Waals surface area contributed by atoms with Crippen LogP contribution in [0.5, 0.6) is 5.75 Å². The Balaban J connectivity index is 2.20. The highest BCUT2D eigenvalue weighted by atomic mass is 79.9. The fourth-order valence-corrected chi connectivity index (χ4v) is 3.22. The number of rotatable bonds is 5. The summed E-state index contributed by atoms with van der Waals surface area (Å²) in [5.74, 6) is 0.763. The van der Waals surface area contributed by atoms with Gasteiger partial charge in [-0.3, -0.25) is 4.72 Å². The first kappa shape index (κ1) is 14.3. The number of sulfonamides is 1. The number of aromatic nitrogens is 1. The van der Waals surface area contributed by atoms with Gasteiger partial charge in [0.2, 0.25) is 10.0 Å². The van der Waals surface area contributed by atoms with Gasteiger partial charge in [0.1, 0.15) is 10.4 Å². The summed E-state index contributed by atoms with van der Waals surface area (Å²) >= 11 is 4.15. The quantitative estimate of drug-likeness (QED) is 0.830. The van der Waals surface area contributed by atoms with Gasteiger partial charge in [-0.15, -0.1) is 11.3 Å². The number of nitrogens with zero attached hydrogens (tertiary/aromatic N) is 1. The number of alkyl halides is 1. The molecule has 1 aromatic carbocycles. The normalized spacial score (nSPS) is 11.3. The molecule has 0 spiro atoms. The zero-order valence-electron chi connectivity index (χ0n) is 9.96. The van der Waals surface area contributed by atoms with Gasteiger partial charge in [0.05, 0.1) is 12.8 Å². The number of hydrogen-bond donors (Lipinski definition) is 1. The molecule has 1 heterocycles. The van der Waals surface area contributed by atoms with Crippen LogP contribution in [-0.4, -0.2) is 25.2 Å². The average molecular weight is 363 g/mol. The van der Waals surface area contributed by atoms with Crippen LogP contribution >= 0.6 is 27.3 Å². The van der Waals surface area contributed by atoms with E-state index in [9.17, 15) is 8.42 Å². The molecule has 8 heteroatoms. The SMILES string of the molecule is COc1ccc(-c2csc(NS(=O)(=O)CBr)n2)cc1. The van der Waals surface area contributed by atoms with Gasteiger partial charge in [-0.1, -0.05) is 15.9 Å². The summed E-state index contributed by atoms with van der Waals surface area (Å²) in [5, 5.41) is 2.15. The molecule has 1 N–H and O–H groups in total. The second-order valence-electron chi connectivity index (χ2n) is 3.59. The molecule has 0 aliphatic carbocycles. The van der Waals surface area contributed by atoms with Crippen molar-refractivity contribution in [1.29, 1.82) is 0 Å². The van der Waals surface area contributed by atoms with Gasteiger partial charge in [0, 0.05) is 10.9 Å². The van der Waals surface area contributed by atoms with E-state index >= 15 is 0 Å². The summed E-state index contributed by atoms with van der Waals surface area (Å²) in [7, 11) is -1.76. The van der Waals surface area contributed by atoms with Crippen LogP contribution in [0.2, 0.25) is 0 Å². The summed E-state index contributed by atoms with van der Waals surface area (Å²) in [6, 6.07) is 7.40. The number of ether oxygens (including phenoxy) is 1. The summed E-state index contributed by atoms with van der Waals surface area (Å²) in [5.41, 5.74) is 1.63. The molecule has 0 aliphatic heterocycles. The topological polar surface area (TPSA) is 68.3 Å². The lowest BCUT2D eigenvalue weighted by molar-refractivity contribution is 0.415. The minimum absolute atomic E-state index is 0.155. The maximum atomic E-state index is 11.4. The van der Waals surface area contributed by atoms with Crippen LogP contribution in [0.1, 0.15) is 0 Å². The Labute approximate surface area is 123 Å². The summed E-state index contributed by atoms with van der Waals surface area (Å²) in [6.45, 7) is 0. The lowest BCUT2D eigenvalue weighted by Crippen LogP contribution is -2.12. The van der Waals surface area contributed by atoms with Gasteiger partial charge in [0.15, 0.2) is 5.13 Å². The Kier molecular flexibility index (Phi) is 4.43. The monoisotopic (exact) mass is 362 g/mol. The number of methoxy groups -OCH3 is 1. The number of anilines is 1. The van der Waals surface area contributed by atoms with Gasteiger partial charge in [0.25, 0.3) is 0 Å². The van der Waals surface area contributed by atoms with Crippen LogP contribution in [0.4, 0.5) is 5.13 Å². The van der Waals surface area contributed by atoms with E-state index in [1.165, 1.54) is 11.3 Å². The minimum Gasteiger partial charge on any atom is -0.497 e. The van der Waals surface area contributed by atoms with E-state index in [4.69, 9.17) is 4.74 Å². The number of halogens is 1. The largest absolute Gasteiger partial charge is 0.497 e. The van der Waals surface area contributed by atoms with Crippen molar-refractivity contribution in [3.05, 3.63) is 29.6 Å². The Morgan fingerprint density at radius 3 is 2.63 bits per heavy atom. The third kappa shape index (κ3) is 3.68. The molecule has 5 nitrogen and oxygen atoms in total. The highest BCUT2D eigenvalue weighted by molar-refractivity contribution is 9.10. The first-order chi connectivity index (χ1) is 9.04. The van der Waals surface area contributed by atoms with Gasteiger partial charge in [-0.2, -0.15) is 0 Å². The highest BCUT2D eigenvalue weighted by Crippen LogP contribution is 2.27. The molecule has 0 saturated carbocycles. The summed E-state index contributed by atoms with van der Waals surface area (Å²) < 4.78 is 30.1. The van der Waals surface area contributed by atoms with Crippen LogP contribution < -0.4 is 9.46 Å². The molecule has 0 fully saturated rings. The van der Waals surface area contributed by atoms with E-state index in [2.05, 4.69) is 25.6 Å². The summed E-state index contributed by atoms with van der Waals surface area (Å²) in [4.78, 5) is 4.24. The Morgan fingerprint density at radius 2 is 2.05 bits per heavy atom. The Hall–Kier alpha value is -1.12. The van der Waals surface area contributed by atoms with Crippen LogP contribution in [0.15, 0.2) is 29.6 Å². The fraction of sp³-hybridized carbons (Fsp3) is 0.182. The molecule has 0 atom stereocenters. The van der Waals surface area contributed by atoms with Crippen LogP contribution in [0, 0.1) is 0 Å². The highest BCUT2D eigenvalue weighted by Gasteiger charge is 2.11. The minimum atomic E-state index is -3.36. The van der Waals surface area contributed by atoms with Crippen LogP contribution in [-0.2, 0) is 10.0 Å². The van der Waals surface area contributed by atoms with Gasteiger partial charge in [-0.25, -0.2) is 13.4 Å². The molecule has 19 heavy (non-hydrogen) atoms. The number of benzene rings is 1. The third-order valence-electron chi connectivity index (χ3n) is 2.28. The molecule has 0 radical (unpaired) electrons. The smallest absolute Gasteiger partial charge is 0.244 e. The van der Waals surface area contributed by atoms with Crippen molar-refractivity contribution in [3.63, 3.8) is 0 Å². The third-order valence-corrected chi connectivity index (χ3v) is 5.76. The maximum Gasteiger partial charge on any atom is 0.244 e. The van der Waals surface area contributed by atoms with E-state index in [1.54, 1.807) is 12.5 Å². The van der Waals surface area contributed by atoms with Crippen LogP contribution in [0.3, 0.4) is 0 Å². The van der Waals surface area contributed by atoms with Crippen molar-refractivity contribution in [2.45, 2.75) is 0 Å². The lowest BCUT2D eigenvalue weighted by atomic mass is 10.2. The predicted molar refractivity (Wildman–Crippen MR) is 80.4 cm³/mol. The zero-order valence-corrected chi connectivity index (χ0v) is 13.2. The molecule has 0 aliphatic rings. The van der Waals surface area contributed by atoms with Gasteiger partial charge < -0.3 is 4.74 Å². The van der Waals surface area contributed by atoms with Crippen molar-refractivity contribution in [2.24, 2.45) is 0 Å². The number of nitrogens with one attached hydrogen (secondary N) is 1. The van der Waals surface area contributed by atoms with Gasteiger partial charge >= 0.3 is 0 Å². The number of thiazole rings is 1. The molecule has 0 saturated heterocycles. The van der Waals surface area contributed by atoms with Crippen molar-refractivity contribution in [3.8, 4) is 17.0 Å². The zero-order chi connectivity index (χ0) is 13.9. The van der Waals surface area contributed by atoms with E-state index in [0.29, 0.717) is 5.13 Å². The molecule has 102 valence electrons. The lowest BCUT2D eigenvalue weighted by Gasteiger charge is -2.01. The van der Waals surface area contributed by atoms with E-state index < -0.39 is 10.0 Å². The van der Waals surface area contributed by atoms with Crippen molar-refractivity contribution >= 4 is 42.4 Å². The molecule has 2 aromatic rings. The van der Waals surface area contributed by atoms with E-state index in [-0.39, 0.29) is 4.66 Å². The van der Waals surface area contributed by atoms with Crippen molar-refractivity contribution in [2.75, 3.05) is 16.5 Å².